The Balaban J connectivity index is 2.36. The maximum absolute atomic E-state index is 12.0. The number of nitrogens with two attached hydrogens (primary N) is 1. The molecule has 1 aliphatic carbocycles. The third-order valence-corrected chi connectivity index (χ3v) is 4.29. The Morgan fingerprint density at radius 2 is 1.83 bits per heavy atom. The molecule has 3 N–H and O–H groups in total. The number of amides is 1. The summed E-state index contributed by atoms with van der Waals surface area (Å²) >= 11 is 0. The van der Waals surface area contributed by atoms with Crippen molar-refractivity contribution in [2.75, 3.05) is 6.61 Å². The summed E-state index contributed by atoms with van der Waals surface area (Å²) in [7, 11) is 0. The van der Waals surface area contributed by atoms with Gasteiger partial charge in [0.15, 0.2) is 0 Å². The van der Waals surface area contributed by atoms with Crippen LogP contribution >= 0.6 is 0 Å². The van der Waals surface area contributed by atoms with Crippen LogP contribution in [-0.4, -0.2) is 17.6 Å². The summed E-state index contributed by atoms with van der Waals surface area (Å²) in [6.07, 6.45) is 4.78. The van der Waals surface area contributed by atoms with Gasteiger partial charge >= 0.3 is 0 Å². The van der Waals surface area contributed by atoms with E-state index in [9.17, 15) is 9.90 Å². The van der Waals surface area contributed by atoms with Gasteiger partial charge in [-0.25, -0.2) is 0 Å². The van der Waals surface area contributed by atoms with Crippen LogP contribution in [0, 0.1) is 5.41 Å². The average Bonchev–Trinajstić information content (AvgIpc) is 2.41. The lowest BCUT2D eigenvalue weighted by Gasteiger charge is -2.40. The maximum Gasteiger partial charge on any atom is 0.224 e. The molecule has 1 fully saturated rings. The monoisotopic (exact) mass is 247 g/mol. The second kappa shape index (κ2) is 5.53. The van der Waals surface area contributed by atoms with Crippen LogP contribution in [0.3, 0.4) is 0 Å². The molecular weight excluding hydrogens is 226 g/mol. The zero-order valence-electron chi connectivity index (χ0n) is 10.6. The Morgan fingerprint density at radius 1 is 1.22 bits per heavy atom. The Bertz CT molecular complexity index is 396. The lowest BCUT2D eigenvalue weighted by molar-refractivity contribution is -0.132. The summed E-state index contributed by atoms with van der Waals surface area (Å²) in [6.45, 7) is -0.0209. The minimum atomic E-state index is -0.561. The third-order valence-electron chi connectivity index (χ3n) is 4.29. The van der Waals surface area contributed by atoms with Crippen molar-refractivity contribution in [1.29, 1.82) is 0 Å². The van der Waals surface area contributed by atoms with Crippen molar-refractivity contribution in [2.45, 2.75) is 38.0 Å². The van der Waals surface area contributed by atoms with Crippen LogP contribution in [0.25, 0.3) is 0 Å². The highest BCUT2D eigenvalue weighted by Gasteiger charge is 2.45. The number of benzene rings is 1. The summed E-state index contributed by atoms with van der Waals surface area (Å²) in [4.78, 5) is 12.0. The number of hydrogen-bond acceptors (Lipinski definition) is 2. The largest absolute Gasteiger partial charge is 0.396 e. The third kappa shape index (κ3) is 2.27. The topological polar surface area (TPSA) is 63.3 Å². The molecule has 0 saturated heterocycles. The highest BCUT2D eigenvalue weighted by Crippen LogP contribution is 2.46. The normalized spacial score (nSPS) is 20.3. The lowest BCUT2D eigenvalue weighted by Crippen LogP contribution is -2.44. The highest BCUT2D eigenvalue weighted by atomic mass is 16.3. The van der Waals surface area contributed by atoms with Crippen LogP contribution in [-0.2, 0) is 4.79 Å². The van der Waals surface area contributed by atoms with Gasteiger partial charge in [0.1, 0.15) is 0 Å². The van der Waals surface area contributed by atoms with E-state index in [0.29, 0.717) is 0 Å². The highest BCUT2D eigenvalue weighted by molar-refractivity contribution is 5.82. The van der Waals surface area contributed by atoms with Crippen LogP contribution < -0.4 is 5.73 Å². The smallest absolute Gasteiger partial charge is 0.224 e. The fraction of sp³-hybridized carbons (Fsp3) is 0.533. The summed E-state index contributed by atoms with van der Waals surface area (Å²) in [6, 6.07) is 9.77. The van der Waals surface area contributed by atoms with E-state index < -0.39 is 5.41 Å². The molecular formula is C15H21NO2. The number of rotatable bonds is 4. The molecule has 2 rings (SSSR count). The molecule has 98 valence electrons. The standard InChI is InChI=1S/C15H21NO2/c16-14(18)15(9-5-2-6-10-15)13(11-17)12-7-3-1-4-8-12/h1,3-4,7-8,13,17H,2,5-6,9-11H2,(H2,16,18)/t13-/m0/s1. The molecule has 1 aliphatic rings. The number of aliphatic hydroxyl groups excluding tert-OH is 1. The first-order valence-corrected chi connectivity index (χ1v) is 6.66. The first kappa shape index (κ1) is 13.1. The van der Waals surface area contributed by atoms with E-state index >= 15 is 0 Å². The Labute approximate surface area is 108 Å². The van der Waals surface area contributed by atoms with Gasteiger partial charge in [0.25, 0.3) is 0 Å². The van der Waals surface area contributed by atoms with Gasteiger partial charge in [0.2, 0.25) is 5.91 Å². The van der Waals surface area contributed by atoms with Gasteiger partial charge in [-0.3, -0.25) is 4.79 Å². The zero-order chi connectivity index (χ0) is 13.0. The summed E-state index contributed by atoms with van der Waals surface area (Å²) in [5.74, 6) is -0.429. The molecule has 0 aromatic heterocycles. The second-order valence-electron chi connectivity index (χ2n) is 5.23. The fourth-order valence-corrected chi connectivity index (χ4v) is 3.23. The van der Waals surface area contributed by atoms with Crippen molar-refractivity contribution in [3.63, 3.8) is 0 Å². The Morgan fingerprint density at radius 3 is 2.33 bits per heavy atom. The molecule has 3 heteroatoms. The molecule has 1 amide bonds. The van der Waals surface area contributed by atoms with E-state index in [0.717, 1.165) is 37.7 Å². The van der Waals surface area contributed by atoms with E-state index in [4.69, 9.17) is 5.73 Å². The number of carbonyl (C=O) groups excluding carboxylic acids is 1. The molecule has 0 heterocycles. The predicted octanol–water partition coefficient (Wildman–Crippen LogP) is 2.20. The van der Waals surface area contributed by atoms with Gasteiger partial charge in [-0.1, -0.05) is 49.6 Å². The molecule has 1 saturated carbocycles. The number of aliphatic hydroxyl groups is 1. The van der Waals surface area contributed by atoms with Crippen LogP contribution in [0.5, 0.6) is 0 Å². The molecule has 0 bridgehead atoms. The zero-order valence-corrected chi connectivity index (χ0v) is 10.6. The van der Waals surface area contributed by atoms with Crippen molar-refractivity contribution in [2.24, 2.45) is 11.1 Å². The average molecular weight is 247 g/mol. The quantitative estimate of drug-likeness (QED) is 0.856. The molecule has 1 aromatic carbocycles. The SMILES string of the molecule is NC(=O)C1([C@@H](CO)c2ccccc2)CCCCC1. The Hall–Kier alpha value is -1.35. The van der Waals surface area contributed by atoms with Crippen LogP contribution in [0.2, 0.25) is 0 Å². The number of primary amides is 1. The van der Waals surface area contributed by atoms with E-state index in [1.165, 1.54) is 0 Å². The van der Waals surface area contributed by atoms with Crippen molar-refractivity contribution in [3.8, 4) is 0 Å². The maximum atomic E-state index is 12.0. The van der Waals surface area contributed by atoms with Crippen molar-refractivity contribution >= 4 is 5.91 Å². The van der Waals surface area contributed by atoms with E-state index in [1.54, 1.807) is 0 Å². The molecule has 0 unspecified atom stereocenters. The van der Waals surface area contributed by atoms with Gasteiger partial charge in [0.05, 0.1) is 12.0 Å². The minimum Gasteiger partial charge on any atom is -0.396 e. The van der Waals surface area contributed by atoms with Crippen LogP contribution in [0.4, 0.5) is 0 Å². The molecule has 1 aromatic rings. The van der Waals surface area contributed by atoms with Gasteiger partial charge in [-0.15, -0.1) is 0 Å². The van der Waals surface area contributed by atoms with E-state index in [-0.39, 0.29) is 18.4 Å². The first-order valence-electron chi connectivity index (χ1n) is 6.66. The predicted molar refractivity (Wildman–Crippen MR) is 71.0 cm³/mol. The second-order valence-corrected chi connectivity index (χ2v) is 5.23. The summed E-state index contributed by atoms with van der Waals surface area (Å²) in [5.41, 5.74) is 6.12. The fourth-order valence-electron chi connectivity index (χ4n) is 3.23. The van der Waals surface area contributed by atoms with Gasteiger partial charge in [-0.2, -0.15) is 0 Å². The van der Waals surface area contributed by atoms with E-state index in [2.05, 4.69) is 0 Å². The molecule has 3 nitrogen and oxygen atoms in total. The van der Waals surface area contributed by atoms with Crippen LogP contribution in [0.15, 0.2) is 30.3 Å². The molecule has 1 atom stereocenters. The van der Waals surface area contributed by atoms with Crippen molar-refractivity contribution < 1.29 is 9.90 Å². The van der Waals surface area contributed by atoms with Gasteiger partial charge in [0, 0.05) is 5.92 Å². The molecule has 18 heavy (non-hydrogen) atoms. The lowest BCUT2D eigenvalue weighted by atomic mass is 9.63. The van der Waals surface area contributed by atoms with Gasteiger partial charge < -0.3 is 10.8 Å². The summed E-state index contributed by atoms with van der Waals surface area (Å²) in [5, 5.41) is 9.74. The number of hydrogen-bond donors (Lipinski definition) is 2. The number of carbonyl (C=O) groups is 1. The Kier molecular flexibility index (Phi) is 4.02. The van der Waals surface area contributed by atoms with Crippen LogP contribution in [0.1, 0.15) is 43.6 Å². The van der Waals surface area contributed by atoms with Crippen molar-refractivity contribution in [1.82, 2.24) is 0 Å². The minimum absolute atomic E-state index is 0.0209. The van der Waals surface area contributed by atoms with E-state index in [1.807, 2.05) is 30.3 Å². The molecule has 0 radical (unpaired) electrons. The molecule has 0 aliphatic heterocycles. The van der Waals surface area contributed by atoms with Gasteiger partial charge in [-0.05, 0) is 18.4 Å². The summed E-state index contributed by atoms with van der Waals surface area (Å²) < 4.78 is 0. The molecule has 0 spiro atoms. The van der Waals surface area contributed by atoms with Crippen molar-refractivity contribution in [3.05, 3.63) is 35.9 Å². The first-order chi connectivity index (χ1) is 8.70.